The summed E-state index contributed by atoms with van der Waals surface area (Å²) < 4.78 is 0. The molecule has 0 N–H and O–H groups in total. The Kier molecular flexibility index (Phi) is 4.47. The molecule has 2 aliphatic heterocycles. The van der Waals surface area contributed by atoms with E-state index in [4.69, 9.17) is 4.84 Å². The van der Waals surface area contributed by atoms with Crippen LogP contribution in [-0.4, -0.2) is 6.54 Å². The third kappa shape index (κ3) is 3.28. The van der Waals surface area contributed by atoms with Crippen LogP contribution in [0.25, 0.3) is 11.1 Å². The summed E-state index contributed by atoms with van der Waals surface area (Å²) in [4.78, 5) is 9.13. The summed E-state index contributed by atoms with van der Waals surface area (Å²) >= 11 is 0. The van der Waals surface area contributed by atoms with Crippen LogP contribution in [0.5, 0.6) is 0 Å². The van der Waals surface area contributed by atoms with Crippen molar-refractivity contribution in [2.75, 3.05) is 16.5 Å². The molecule has 1 unspecified atom stereocenters. The second-order valence-corrected chi connectivity index (χ2v) is 8.18. The van der Waals surface area contributed by atoms with Gasteiger partial charge in [-0.15, -0.1) is 0 Å². The molecule has 3 heteroatoms. The van der Waals surface area contributed by atoms with E-state index in [0.717, 1.165) is 25.2 Å². The van der Waals surface area contributed by atoms with Gasteiger partial charge in [0, 0.05) is 17.8 Å². The fraction of sp³-hybridized carbons (Fsp3) is 0.143. The smallest absolute Gasteiger partial charge is 0.183 e. The summed E-state index contributed by atoms with van der Waals surface area (Å²) in [7, 11) is 0. The van der Waals surface area contributed by atoms with Crippen LogP contribution in [0.2, 0.25) is 0 Å². The maximum absolute atomic E-state index is 6.72. The molecule has 2 aliphatic rings. The monoisotopic (exact) mass is 404 g/mol. The van der Waals surface area contributed by atoms with Gasteiger partial charge in [0.15, 0.2) is 6.23 Å². The molecule has 0 saturated heterocycles. The molecular weight excluding hydrogens is 380 g/mol. The summed E-state index contributed by atoms with van der Waals surface area (Å²) in [6.07, 6.45) is 0.915. The Labute approximate surface area is 183 Å². The molecule has 152 valence electrons. The Hall–Kier alpha value is -3.56. The third-order valence-electron chi connectivity index (χ3n) is 6.33. The molecule has 0 saturated carbocycles. The van der Waals surface area contributed by atoms with Crippen LogP contribution in [-0.2, 0) is 17.8 Å². The number of hydrogen-bond donors (Lipinski definition) is 0. The van der Waals surface area contributed by atoms with E-state index in [1.165, 1.54) is 33.5 Å². The highest BCUT2D eigenvalue weighted by atomic mass is 16.7. The first-order valence-electron chi connectivity index (χ1n) is 10.9. The van der Waals surface area contributed by atoms with E-state index in [2.05, 4.69) is 107 Å². The van der Waals surface area contributed by atoms with Crippen molar-refractivity contribution in [2.24, 2.45) is 0 Å². The first-order chi connectivity index (χ1) is 15.4. The van der Waals surface area contributed by atoms with Crippen LogP contribution in [0.3, 0.4) is 0 Å². The first-order valence-corrected chi connectivity index (χ1v) is 10.9. The Morgan fingerprint density at radius 3 is 2.16 bits per heavy atom. The van der Waals surface area contributed by atoms with Gasteiger partial charge in [-0.25, -0.2) is 9.90 Å². The number of para-hydroxylation sites is 1. The van der Waals surface area contributed by atoms with Crippen molar-refractivity contribution in [3.8, 4) is 11.1 Å². The zero-order valence-corrected chi connectivity index (χ0v) is 17.3. The van der Waals surface area contributed by atoms with Crippen LogP contribution >= 0.6 is 0 Å². The number of hydroxylamine groups is 1. The SMILES string of the molecule is c1ccc(-c2ccc(N3Cc4ccccc4N4CCc5ccccc5C4O3)cc2)cc1. The van der Waals surface area contributed by atoms with Gasteiger partial charge in [0.1, 0.15) is 0 Å². The van der Waals surface area contributed by atoms with Crippen LogP contribution < -0.4 is 9.96 Å². The summed E-state index contributed by atoms with van der Waals surface area (Å²) in [5.41, 5.74) is 8.70. The van der Waals surface area contributed by atoms with Gasteiger partial charge in [0.05, 0.1) is 12.2 Å². The average Bonchev–Trinajstić information content (AvgIpc) is 3.02. The number of hydrogen-bond acceptors (Lipinski definition) is 3. The minimum absolute atomic E-state index is 0.123. The van der Waals surface area contributed by atoms with Crippen LogP contribution in [0.1, 0.15) is 22.9 Å². The lowest BCUT2D eigenvalue weighted by Gasteiger charge is -2.38. The maximum atomic E-state index is 6.72. The third-order valence-corrected chi connectivity index (χ3v) is 6.33. The zero-order valence-electron chi connectivity index (χ0n) is 17.3. The maximum Gasteiger partial charge on any atom is 0.183 e. The molecule has 0 aromatic heterocycles. The molecular formula is C28H24N2O. The molecule has 4 aromatic rings. The first kappa shape index (κ1) is 18.2. The second-order valence-electron chi connectivity index (χ2n) is 8.18. The molecule has 4 aromatic carbocycles. The van der Waals surface area contributed by atoms with E-state index in [0.29, 0.717) is 0 Å². The quantitative estimate of drug-likeness (QED) is 0.386. The molecule has 0 aliphatic carbocycles. The average molecular weight is 405 g/mol. The highest BCUT2D eigenvalue weighted by Gasteiger charge is 2.34. The Morgan fingerprint density at radius 1 is 0.645 bits per heavy atom. The summed E-state index contributed by atoms with van der Waals surface area (Å²) in [6, 6.07) is 36.5. The predicted molar refractivity (Wildman–Crippen MR) is 126 cm³/mol. The number of benzene rings is 4. The summed E-state index contributed by atoms with van der Waals surface area (Å²) in [5.74, 6) is 0. The Balaban J connectivity index is 1.40. The van der Waals surface area contributed by atoms with Gasteiger partial charge in [0.25, 0.3) is 0 Å². The number of fused-ring (bicyclic) bond motifs is 5. The standard InChI is InChI=1S/C28H24N2O/c1-2-8-21(9-3-1)22-14-16-25(17-15-22)30-20-24-11-5-7-13-27(24)29-19-18-23-10-4-6-12-26(23)28(29)31-30/h1-17,28H,18-20H2. The van der Waals surface area contributed by atoms with Gasteiger partial charge in [-0.2, -0.15) is 0 Å². The van der Waals surface area contributed by atoms with E-state index in [-0.39, 0.29) is 6.23 Å². The molecule has 0 spiro atoms. The lowest BCUT2D eigenvalue weighted by atomic mass is 9.97. The molecule has 0 bridgehead atoms. The van der Waals surface area contributed by atoms with Crippen LogP contribution in [0.4, 0.5) is 11.4 Å². The lowest BCUT2D eigenvalue weighted by Crippen LogP contribution is -2.38. The molecule has 3 nitrogen and oxygen atoms in total. The van der Waals surface area contributed by atoms with E-state index >= 15 is 0 Å². The Morgan fingerprint density at radius 2 is 1.32 bits per heavy atom. The zero-order chi connectivity index (χ0) is 20.6. The number of nitrogens with zero attached hydrogens (tertiary/aromatic N) is 2. The number of anilines is 2. The fourth-order valence-corrected chi connectivity index (χ4v) is 4.73. The van der Waals surface area contributed by atoms with E-state index in [1.54, 1.807) is 0 Å². The highest BCUT2D eigenvalue weighted by Crippen LogP contribution is 2.41. The van der Waals surface area contributed by atoms with Crippen molar-refractivity contribution in [1.29, 1.82) is 0 Å². The second kappa shape index (κ2) is 7.60. The van der Waals surface area contributed by atoms with Crippen molar-refractivity contribution in [2.45, 2.75) is 19.2 Å². The van der Waals surface area contributed by atoms with E-state index in [1.807, 2.05) is 6.07 Å². The van der Waals surface area contributed by atoms with Crippen LogP contribution in [0, 0.1) is 0 Å². The number of rotatable bonds is 2. The Bertz CT molecular complexity index is 1200. The summed E-state index contributed by atoms with van der Waals surface area (Å²) in [5, 5.41) is 2.06. The van der Waals surface area contributed by atoms with E-state index < -0.39 is 0 Å². The van der Waals surface area contributed by atoms with Gasteiger partial charge in [-0.05, 0) is 46.9 Å². The van der Waals surface area contributed by atoms with Crippen molar-refractivity contribution in [3.05, 3.63) is 120 Å². The van der Waals surface area contributed by atoms with Crippen molar-refractivity contribution in [3.63, 3.8) is 0 Å². The van der Waals surface area contributed by atoms with Crippen molar-refractivity contribution in [1.82, 2.24) is 0 Å². The molecule has 0 fully saturated rings. The van der Waals surface area contributed by atoms with Crippen LogP contribution in [0.15, 0.2) is 103 Å². The molecule has 6 rings (SSSR count). The molecule has 31 heavy (non-hydrogen) atoms. The normalized spacial score (nSPS) is 17.4. The van der Waals surface area contributed by atoms with Gasteiger partial charge in [-0.1, -0.05) is 84.9 Å². The lowest BCUT2D eigenvalue weighted by molar-refractivity contribution is 0.0272. The predicted octanol–water partition coefficient (Wildman–Crippen LogP) is 6.37. The molecule has 2 heterocycles. The van der Waals surface area contributed by atoms with Gasteiger partial charge in [-0.3, -0.25) is 0 Å². The van der Waals surface area contributed by atoms with Crippen molar-refractivity contribution < 1.29 is 4.84 Å². The largest absolute Gasteiger partial charge is 0.340 e. The topological polar surface area (TPSA) is 15.7 Å². The van der Waals surface area contributed by atoms with Gasteiger partial charge in [0.2, 0.25) is 0 Å². The fourth-order valence-electron chi connectivity index (χ4n) is 4.73. The van der Waals surface area contributed by atoms with Gasteiger partial charge < -0.3 is 4.90 Å². The van der Waals surface area contributed by atoms with Gasteiger partial charge >= 0.3 is 0 Å². The molecule has 0 amide bonds. The van der Waals surface area contributed by atoms with Crippen molar-refractivity contribution >= 4 is 11.4 Å². The molecule has 1 atom stereocenters. The minimum atomic E-state index is -0.123. The minimum Gasteiger partial charge on any atom is -0.340 e. The van der Waals surface area contributed by atoms with E-state index in [9.17, 15) is 0 Å². The summed E-state index contributed by atoms with van der Waals surface area (Å²) in [6.45, 7) is 1.68. The highest BCUT2D eigenvalue weighted by molar-refractivity contribution is 5.66. The molecule has 0 radical (unpaired) electrons.